The van der Waals surface area contributed by atoms with Crippen molar-refractivity contribution in [1.82, 2.24) is 5.32 Å². The zero-order chi connectivity index (χ0) is 52.0. The van der Waals surface area contributed by atoms with Crippen LogP contribution in [0, 0.1) is 0 Å². The lowest BCUT2D eigenvalue weighted by molar-refractivity contribution is -0.123. The van der Waals surface area contributed by atoms with E-state index in [1.54, 1.807) is 6.08 Å². The highest BCUT2D eigenvalue weighted by atomic mass is 16.3. The molecule has 0 aliphatic rings. The quantitative estimate of drug-likeness (QED) is 0.0420. The van der Waals surface area contributed by atoms with Crippen molar-refractivity contribution < 1.29 is 15.0 Å². The highest BCUT2D eigenvalue weighted by Crippen LogP contribution is 2.16. The third-order valence-electron chi connectivity index (χ3n) is 13.5. The van der Waals surface area contributed by atoms with Crippen molar-refractivity contribution in [3.8, 4) is 0 Å². The Morgan fingerprint density at radius 3 is 0.917 bits per heavy atom. The second-order valence-electron chi connectivity index (χ2n) is 20.4. The molecule has 0 fully saturated rings. The molecule has 2 unspecified atom stereocenters. The molecule has 0 aliphatic carbocycles. The van der Waals surface area contributed by atoms with Crippen LogP contribution in [0.5, 0.6) is 0 Å². The summed E-state index contributed by atoms with van der Waals surface area (Å²) in [5.41, 5.74) is 0. The molecule has 0 rings (SSSR count). The zero-order valence-electron chi connectivity index (χ0n) is 47.4. The van der Waals surface area contributed by atoms with Gasteiger partial charge >= 0.3 is 0 Å². The van der Waals surface area contributed by atoms with Gasteiger partial charge < -0.3 is 15.5 Å². The maximum absolute atomic E-state index is 12.5. The molecule has 1 amide bonds. The normalized spacial score (nSPS) is 13.7. The van der Waals surface area contributed by atoms with Gasteiger partial charge in [0.2, 0.25) is 5.91 Å². The molecule has 0 aliphatic heterocycles. The zero-order valence-corrected chi connectivity index (χ0v) is 47.4. The largest absolute Gasteiger partial charge is 0.394 e. The Kier molecular flexibility index (Phi) is 59.3. The average molecular weight is 997 g/mol. The number of allylic oxidation sites excluding steroid dienone is 19. The molecule has 0 bridgehead atoms. The third-order valence-corrected chi connectivity index (χ3v) is 13.5. The summed E-state index contributed by atoms with van der Waals surface area (Å²) < 4.78 is 0. The molecular formula is C68H117NO3. The van der Waals surface area contributed by atoms with Crippen molar-refractivity contribution in [2.24, 2.45) is 0 Å². The van der Waals surface area contributed by atoms with E-state index < -0.39 is 12.1 Å². The maximum atomic E-state index is 12.5. The predicted molar refractivity (Wildman–Crippen MR) is 322 cm³/mol. The van der Waals surface area contributed by atoms with Crippen LogP contribution >= 0.6 is 0 Å². The van der Waals surface area contributed by atoms with E-state index in [1.807, 2.05) is 6.08 Å². The summed E-state index contributed by atoms with van der Waals surface area (Å²) in [6.45, 7) is 4.21. The molecule has 0 spiro atoms. The summed E-state index contributed by atoms with van der Waals surface area (Å²) in [4.78, 5) is 12.5. The average Bonchev–Trinajstić information content (AvgIpc) is 3.39. The van der Waals surface area contributed by atoms with E-state index in [-0.39, 0.29) is 12.5 Å². The number of carbonyl (C=O) groups is 1. The van der Waals surface area contributed by atoms with Gasteiger partial charge in [-0.15, -0.1) is 0 Å². The molecule has 0 aromatic carbocycles. The minimum atomic E-state index is -0.846. The van der Waals surface area contributed by atoms with E-state index >= 15 is 0 Å². The summed E-state index contributed by atoms with van der Waals surface area (Å²) in [5.74, 6) is -0.0673. The third kappa shape index (κ3) is 57.7. The van der Waals surface area contributed by atoms with Gasteiger partial charge in [-0.05, 0) is 89.9 Å². The molecule has 72 heavy (non-hydrogen) atoms. The molecular weight excluding hydrogens is 879 g/mol. The van der Waals surface area contributed by atoms with Gasteiger partial charge in [0.05, 0.1) is 18.8 Å². The van der Waals surface area contributed by atoms with Gasteiger partial charge in [-0.3, -0.25) is 4.79 Å². The Bertz CT molecular complexity index is 1410. The summed E-state index contributed by atoms with van der Waals surface area (Å²) in [5, 5.41) is 23.2. The molecule has 0 radical (unpaired) electrons. The van der Waals surface area contributed by atoms with Crippen molar-refractivity contribution in [2.45, 2.75) is 296 Å². The molecule has 0 saturated heterocycles. The van der Waals surface area contributed by atoms with E-state index in [0.717, 1.165) is 83.5 Å². The van der Waals surface area contributed by atoms with Gasteiger partial charge in [-0.2, -0.15) is 0 Å². The monoisotopic (exact) mass is 996 g/mol. The fourth-order valence-corrected chi connectivity index (χ4v) is 8.82. The van der Waals surface area contributed by atoms with Crippen molar-refractivity contribution in [1.29, 1.82) is 0 Å². The van der Waals surface area contributed by atoms with Crippen LogP contribution < -0.4 is 5.32 Å². The summed E-state index contributed by atoms with van der Waals surface area (Å²) in [6.07, 6.45) is 95.1. The Labute approximate surface area is 448 Å². The van der Waals surface area contributed by atoms with E-state index in [2.05, 4.69) is 129 Å². The van der Waals surface area contributed by atoms with E-state index in [4.69, 9.17) is 0 Å². The van der Waals surface area contributed by atoms with Gasteiger partial charge in [0.15, 0.2) is 0 Å². The standard InChI is InChI=1S/C68H117NO3/c1-3-5-7-9-11-13-15-17-19-21-23-24-25-26-27-28-29-30-31-32-33-34-35-36-37-38-39-40-41-42-43-44-46-48-50-52-54-56-58-60-62-64-68(72)69-66(65-70)67(71)63-61-59-57-55-53-51-49-47-45-22-20-18-16-14-12-10-8-6-4-2/h5,7,11,13,17,19,23-24,26-27,29-30,32-33,35-36,38-39,61,63,66-67,70-71H,3-4,6,8-10,12,14-16,18,20-22,25,28,31,34,37,40-60,62,64-65H2,1-2H3,(H,69,72)/b7-5-,13-11-,19-17-,24-23-,27-26-,30-29-,33-32-,36-35-,39-38-,63-61+. The highest BCUT2D eigenvalue weighted by Gasteiger charge is 2.18. The highest BCUT2D eigenvalue weighted by molar-refractivity contribution is 5.76. The fourth-order valence-electron chi connectivity index (χ4n) is 8.82. The summed E-state index contributed by atoms with van der Waals surface area (Å²) in [7, 11) is 0. The number of unbranched alkanes of at least 4 members (excludes halogenated alkanes) is 30. The number of hydrogen-bond donors (Lipinski definition) is 3. The molecule has 0 heterocycles. The van der Waals surface area contributed by atoms with E-state index in [0.29, 0.717) is 6.42 Å². The van der Waals surface area contributed by atoms with Gasteiger partial charge in [-0.1, -0.05) is 309 Å². The molecule has 2 atom stereocenters. The lowest BCUT2D eigenvalue weighted by atomic mass is 10.0. The van der Waals surface area contributed by atoms with Crippen molar-refractivity contribution in [3.63, 3.8) is 0 Å². The predicted octanol–water partition coefficient (Wildman–Crippen LogP) is 20.8. The number of aliphatic hydroxyl groups is 2. The van der Waals surface area contributed by atoms with Crippen LogP contribution in [0.2, 0.25) is 0 Å². The Morgan fingerprint density at radius 2 is 0.611 bits per heavy atom. The first kappa shape index (κ1) is 68.8. The number of aliphatic hydroxyl groups excluding tert-OH is 2. The van der Waals surface area contributed by atoms with Crippen molar-refractivity contribution in [2.75, 3.05) is 6.61 Å². The molecule has 412 valence electrons. The van der Waals surface area contributed by atoms with E-state index in [9.17, 15) is 15.0 Å². The molecule has 0 saturated carbocycles. The minimum Gasteiger partial charge on any atom is -0.394 e. The summed E-state index contributed by atoms with van der Waals surface area (Å²) >= 11 is 0. The van der Waals surface area contributed by atoms with Crippen LogP contribution in [-0.4, -0.2) is 34.9 Å². The molecule has 3 N–H and O–H groups in total. The second-order valence-corrected chi connectivity index (χ2v) is 20.4. The van der Waals surface area contributed by atoms with Gasteiger partial charge in [0.25, 0.3) is 0 Å². The van der Waals surface area contributed by atoms with Gasteiger partial charge in [-0.25, -0.2) is 0 Å². The molecule has 0 aromatic heterocycles. The van der Waals surface area contributed by atoms with Crippen molar-refractivity contribution >= 4 is 5.91 Å². The molecule has 4 nitrogen and oxygen atoms in total. The smallest absolute Gasteiger partial charge is 0.220 e. The fraction of sp³-hybridized carbons (Fsp3) is 0.691. The minimum absolute atomic E-state index is 0.0673. The number of rotatable bonds is 55. The van der Waals surface area contributed by atoms with Crippen LogP contribution in [0.3, 0.4) is 0 Å². The Balaban J connectivity index is 3.56. The first-order valence-corrected chi connectivity index (χ1v) is 30.7. The van der Waals surface area contributed by atoms with Gasteiger partial charge in [0.1, 0.15) is 0 Å². The number of amides is 1. The second kappa shape index (κ2) is 62.1. The van der Waals surface area contributed by atoms with Crippen LogP contribution in [0.15, 0.2) is 122 Å². The summed E-state index contributed by atoms with van der Waals surface area (Å²) in [6, 6.07) is -0.630. The lowest BCUT2D eigenvalue weighted by Crippen LogP contribution is -2.45. The topological polar surface area (TPSA) is 69.6 Å². The van der Waals surface area contributed by atoms with Crippen LogP contribution in [-0.2, 0) is 4.79 Å². The van der Waals surface area contributed by atoms with Crippen LogP contribution in [0.25, 0.3) is 0 Å². The maximum Gasteiger partial charge on any atom is 0.220 e. The number of carbonyl (C=O) groups excluding carboxylic acids is 1. The molecule has 4 heteroatoms. The first-order chi connectivity index (χ1) is 35.7. The lowest BCUT2D eigenvalue weighted by Gasteiger charge is -2.20. The Hall–Kier alpha value is -3.21. The van der Waals surface area contributed by atoms with Crippen molar-refractivity contribution in [3.05, 3.63) is 122 Å². The SMILES string of the molecule is CC/C=C\C/C=C\C/C=C\C/C=C\C/C=C\C/C=C\C/C=C\C/C=C\C/C=C\CCCCCCCCCCCCCCCC(=O)NC(CO)C(O)/C=C/CCCCCCCCCCCCCCCCCCC. The van der Waals surface area contributed by atoms with Gasteiger partial charge in [0, 0.05) is 6.42 Å². The van der Waals surface area contributed by atoms with Crippen LogP contribution in [0.1, 0.15) is 284 Å². The Morgan fingerprint density at radius 1 is 0.347 bits per heavy atom. The first-order valence-electron chi connectivity index (χ1n) is 30.7. The van der Waals surface area contributed by atoms with E-state index in [1.165, 1.54) is 180 Å². The number of hydrogen-bond acceptors (Lipinski definition) is 3. The number of nitrogens with one attached hydrogen (secondary N) is 1. The van der Waals surface area contributed by atoms with Crippen LogP contribution in [0.4, 0.5) is 0 Å². The molecule has 0 aromatic rings.